The molecule has 1 atom stereocenters. The maximum atomic E-state index is 6.04. The predicted octanol–water partition coefficient (Wildman–Crippen LogP) is 4.53. The van der Waals surface area contributed by atoms with Crippen LogP contribution in [0.25, 0.3) is 10.8 Å². The van der Waals surface area contributed by atoms with E-state index in [-0.39, 0.29) is 5.41 Å². The summed E-state index contributed by atoms with van der Waals surface area (Å²) in [5, 5.41) is 2.44. The van der Waals surface area contributed by atoms with E-state index in [0.29, 0.717) is 13.2 Å². The van der Waals surface area contributed by atoms with Gasteiger partial charge in [-0.3, -0.25) is 0 Å². The van der Waals surface area contributed by atoms with Crippen molar-refractivity contribution in [2.45, 2.75) is 18.8 Å². The lowest BCUT2D eigenvalue weighted by molar-refractivity contribution is 0.267. The van der Waals surface area contributed by atoms with E-state index >= 15 is 0 Å². The van der Waals surface area contributed by atoms with E-state index in [2.05, 4.69) is 61.5 Å². The van der Waals surface area contributed by atoms with Crippen molar-refractivity contribution in [2.75, 3.05) is 13.2 Å². The van der Waals surface area contributed by atoms with Gasteiger partial charge < -0.3 is 10.5 Å². The Morgan fingerprint density at radius 1 is 0.870 bits per heavy atom. The van der Waals surface area contributed by atoms with Gasteiger partial charge in [0.2, 0.25) is 0 Å². The fourth-order valence-electron chi connectivity index (χ4n) is 2.86. The summed E-state index contributed by atoms with van der Waals surface area (Å²) in [5.74, 6) is 0.913. The van der Waals surface area contributed by atoms with Crippen LogP contribution >= 0.6 is 0 Å². The van der Waals surface area contributed by atoms with E-state index in [1.807, 2.05) is 18.2 Å². The van der Waals surface area contributed by atoms with Crippen LogP contribution < -0.4 is 10.5 Å². The Labute approximate surface area is 137 Å². The number of rotatable bonds is 6. The minimum absolute atomic E-state index is 0.0574. The summed E-state index contributed by atoms with van der Waals surface area (Å²) in [4.78, 5) is 0. The van der Waals surface area contributed by atoms with Gasteiger partial charge in [0.1, 0.15) is 5.75 Å². The average molecular weight is 305 g/mol. The summed E-state index contributed by atoms with van der Waals surface area (Å²) in [6.07, 6.45) is 0.889. The lowest BCUT2D eigenvalue weighted by Crippen LogP contribution is -2.33. The van der Waals surface area contributed by atoms with Crippen molar-refractivity contribution in [3.63, 3.8) is 0 Å². The predicted molar refractivity (Wildman–Crippen MR) is 96.9 cm³/mol. The standard InChI is InChI=1S/C21H23NO/c1-21(16-22,19-9-3-2-4-10-19)13-14-23-20-12-11-17-7-5-6-8-18(17)15-20/h2-12,15H,13-14,16,22H2,1H3. The lowest BCUT2D eigenvalue weighted by atomic mass is 9.80. The third kappa shape index (κ3) is 3.54. The first-order valence-electron chi connectivity index (χ1n) is 8.08. The molecule has 0 amide bonds. The summed E-state index contributed by atoms with van der Waals surface area (Å²) in [7, 11) is 0. The van der Waals surface area contributed by atoms with Crippen LogP contribution in [-0.2, 0) is 5.41 Å². The Kier molecular flexibility index (Phi) is 4.63. The molecular formula is C21H23NO. The highest BCUT2D eigenvalue weighted by atomic mass is 16.5. The fourth-order valence-corrected chi connectivity index (χ4v) is 2.86. The SMILES string of the molecule is CC(CN)(CCOc1ccc2ccccc2c1)c1ccccc1. The molecule has 3 aromatic carbocycles. The summed E-state index contributed by atoms with van der Waals surface area (Å²) >= 11 is 0. The first-order chi connectivity index (χ1) is 11.2. The van der Waals surface area contributed by atoms with Crippen molar-refractivity contribution < 1.29 is 4.74 Å². The van der Waals surface area contributed by atoms with E-state index in [1.165, 1.54) is 16.3 Å². The van der Waals surface area contributed by atoms with Gasteiger partial charge in [-0.2, -0.15) is 0 Å². The molecule has 0 saturated heterocycles. The zero-order chi connectivity index (χ0) is 16.1. The molecule has 0 spiro atoms. The Morgan fingerprint density at radius 2 is 1.57 bits per heavy atom. The summed E-state index contributed by atoms with van der Waals surface area (Å²) in [6.45, 7) is 3.46. The van der Waals surface area contributed by atoms with Crippen LogP contribution in [0.1, 0.15) is 18.9 Å². The molecule has 0 saturated carbocycles. The van der Waals surface area contributed by atoms with Crippen LogP contribution in [0.5, 0.6) is 5.75 Å². The first-order valence-corrected chi connectivity index (χ1v) is 8.08. The maximum absolute atomic E-state index is 6.04. The molecule has 0 radical (unpaired) electrons. The largest absolute Gasteiger partial charge is 0.494 e. The van der Waals surface area contributed by atoms with Crippen molar-refractivity contribution >= 4 is 10.8 Å². The van der Waals surface area contributed by atoms with Crippen LogP contribution in [0.2, 0.25) is 0 Å². The molecule has 23 heavy (non-hydrogen) atoms. The van der Waals surface area contributed by atoms with Crippen LogP contribution in [0.4, 0.5) is 0 Å². The summed E-state index contributed by atoms with van der Waals surface area (Å²) in [5.41, 5.74) is 7.25. The third-order valence-corrected chi connectivity index (χ3v) is 4.56. The van der Waals surface area contributed by atoms with E-state index in [1.54, 1.807) is 0 Å². The smallest absolute Gasteiger partial charge is 0.119 e. The van der Waals surface area contributed by atoms with Crippen molar-refractivity contribution in [1.29, 1.82) is 0 Å². The molecule has 0 aliphatic rings. The monoisotopic (exact) mass is 305 g/mol. The molecule has 0 aliphatic carbocycles. The fraction of sp³-hybridized carbons (Fsp3) is 0.238. The number of benzene rings is 3. The highest BCUT2D eigenvalue weighted by Gasteiger charge is 2.24. The van der Waals surface area contributed by atoms with Crippen molar-refractivity contribution in [3.05, 3.63) is 78.4 Å². The maximum Gasteiger partial charge on any atom is 0.119 e. The Bertz CT molecular complexity index is 769. The number of ether oxygens (including phenoxy) is 1. The van der Waals surface area contributed by atoms with Gasteiger partial charge in [0.05, 0.1) is 6.61 Å². The molecule has 118 valence electrons. The second kappa shape index (κ2) is 6.84. The molecule has 1 unspecified atom stereocenters. The average Bonchev–Trinajstić information content (AvgIpc) is 2.62. The zero-order valence-electron chi connectivity index (χ0n) is 13.5. The minimum Gasteiger partial charge on any atom is -0.494 e. The Hall–Kier alpha value is -2.32. The van der Waals surface area contributed by atoms with Crippen molar-refractivity contribution in [3.8, 4) is 5.75 Å². The van der Waals surface area contributed by atoms with Gasteiger partial charge in [-0.05, 0) is 34.9 Å². The van der Waals surface area contributed by atoms with Gasteiger partial charge in [-0.15, -0.1) is 0 Å². The Balaban J connectivity index is 1.67. The topological polar surface area (TPSA) is 35.2 Å². The zero-order valence-corrected chi connectivity index (χ0v) is 13.5. The first kappa shape index (κ1) is 15.6. The Morgan fingerprint density at radius 3 is 2.30 bits per heavy atom. The third-order valence-electron chi connectivity index (χ3n) is 4.56. The normalized spacial score (nSPS) is 13.7. The number of nitrogens with two attached hydrogens (primary N) is 1. The summed E-state index contributed by atoms with van der Waals surface area (Å²) in [6, 6.07) is 25.0. The summed E-state index contributed by atoms with van der Waals surface area (Å²) < 4.78 is 5.98. The van der Waals surface area contributed by atoms with Crippen molar-refractivity contribution in [1.82, 2.24) is 0 Å². The molecule has 2 heteroatoms. The molecule has 0 aliphatic heterocycles. The van der Waals surface area contributed by atoms with Gasteiger partial charge in [0.15, 0.2) is 0 Å². The van der Waals surface area contributed by atoms with E-state index in [4.69, 9.17) is 10.5 Å². The molecular weight excluding hydrogens is 282 g/mol. The number of fused-ring (bicyclic) bond motifs is 1. The molecule has 0 heterocycles. The molecule has 0 aromatic heterocycles. The van der Waals surface area contributed by atoms with Crippen LogP contribution in [0.15, 0.2) is 72.8 Å². The second-order valence-electron chi connectivity index (χ2n) is 6.24. The van der Waals surface area contributed by atoms with Gasteiger partial charge >= 0.3 is 0 Å². The highest BCUT2D eigenvalue weighted by Crippen LogP contribution is 2.27. The van der Waals surface area contributed by atoms with Gasteiger partial charge in [-0.25, -0.2) is 0 Å². The van der Waals surface area contributed by atoms with Gasteiger partial charge in [-0.1, -0.05) is 67.6 Å². The van der Waals surface area contributed by atoms with Gasteiger partial charge in [0.25, 0.3) is 0 Å². The molecule has 2 nitrogen and oxygen atoms in total. The van der Waals surface area contributed by atoms with E-state index < -0.39 is 0 Å². The number of hydrogen-bond donors (Lipinski definition) is 1. The van der Waals surface area contributed by atoms with Crippen LogP contribution in [0, 0.1) is 0 Å². The molecule has 0 bridgehead atoms. The molecule has 3 rings (SSSR count). The highest BCUT2D eigenvalue weighted by molar-refractivity contribution is 5.83. The van der Waals surface area contributed by atoms with E-state index in [9.17, 15) is 0 Å². The number of hydrogen-bond acceptors (Lipinski definition) is 2. The van der Waals surface area contributed by atoms with Crippen LogP contribution in [-0.4, -0.2) is 13.2 Å². The van der Waals surface area contributed by atoms with Crippen LogP contribution in [0.3, 0.4) is 0 Å². The quantitative estimate of drug-likeness (QED) is 0.726. The molecule has 2 N–H and O–H groups in total. The lowest BCUT2D eigenvalue weighted by Gasteiger charge is -2.28. The van der Waals surface area contributed by atoms with E-state index in [0.717, 1.165) is 12.2 Å². The van der Waals surface area contributed by atoms with Gasteiger partial charge in [0, 0.05) is 12.0 Å². The second-order valence-corrected chi connectivity index (χ2v) is 6.24. The molecule has 3 aromatic rings. The molecule has 0 fully saturated rings. The van der Waals surface area contributed by atoms with Crippen molar-refractivity contribution in [2.24, 2.45) is 5.73 Å². The minimum atomic E-state index is -0.0574.